The predicted octanol–water partition coefficient (Wildman–Crippen LogP) is -0.591. The molecule has 0 spiro atoms. The SMILES string of the molecule is O=C(O)C1CC(O)CN1c1ncc([N+](=O)[O-])cn1. The van der Waals surface area contributed by atoms with E-state index in [9.17, 15) is 20.0 Å². The number of aliphatic carboxylic acids is 1. The maximum Gasteiger partial charge on any atom is 0.326 e. The molecular formula is C9H10N4O5. The molecule has 1 aliphatic rings. The molecule has 1 aromatic rings. The Balaban J connectivity index is 2.24. The first-order valence-electron chi connectivity index (χ1n) is 5.13. The van der Waals surface area contributed by atoms with E-state index in [1.807, 2.05) is 0 Å². The molecular weight excluding hydrogens is 244 g/mol. The second-order valence-corrected chi connectivity index (χ2v) is 3.89. The van der Waals surface area contributed by atoms with E-state index in [0.29, 0.717) is 0 Å². The number of nitrogens with zero attached hydrogens (tertiary/aromatic N) is 4. The molecule has 1 fully saturated rings. The van der Waals surface area contributed by atoms with Crippen molar-refractivity contribution in [3.05, 3.63) is 22.5 Å². The highest BCUT2D eigenvalue weighted by atomic mass is 16.6. The minimum atomic E-state index is -1.09. The molecule has 2 rings (SSSR count). The van der Waals surface area contributed by atoms with Gasteiger partial charge in [-0.05, 0) is 0 Å². The molecule has 0 radical (unpaired) electrons. The van der Waals surface area contributed by atoms with Gasteiger partial charge in [0, 0.05) is 13.0 Å². The smallest absolute Gasteiger partial charge is 0.326 e. The van der Waals surface area contributed by atoms with Gasteiger partial charge in [0.15, 0.2) is 0 Å². The number of carbonyl (C=O) groups is 1. The van der Waals surface area contributed by atoms with Crippen LogP contribution in [0.2, 0.25) is 0 Å². The van der Waals surface area contributed by atoms with E-state index in [-0.39, 0.29) is 24.6 Å². The van der Waals surface area contributed by atoms with Gasteiger partial charge in [0.2, 0.25) is 5.95 Å². The van der Waals surface area contributed by atoms with Gasteiger partial charge in [0.1, 0.15) is 18.4 Å². The highest BCUT2D eigenvalue weighted by Gasteiger charge is 2.37. The predicted molar refractivity (Wildman–Crippen MR) is 58.1 cm³/mol. The summed E-state index contributed by atoms with van der Waals surface area (Å²) in [6, 6.07) is -0.915. The molecule has 1 aliphatic heterocycles. The van der Waals surface area contributed by atoms with Crippen LogP contribution in [0.5, 0.6) is 0 Å². The van der Waals surface area contributed by atoms with Crippen LogP contribution in [0.3, 0.4) is 0 Å². The maximum atomic E-state index is 11.0. The van der Waals surface area contributed by atoms with Crippen LogP contribution in [0.4, 0.5) is 11.6 Å². The molecule has 0 bridgehead atoms. The number of aromatic nitrogens is 2. The zero-order valence-electron chi connectivity index (χ0n) is 9.13. The minimum Gasteiger partial charge on any atom is -0.480 e. The molecule has 0 aliphatic carbocycles. The monoisotopic (exact) mass is 254 g/mol. The first-order valence-corrected chi connectivity index (χ1v) is 5.13. The van der Waals surface area contributed by atoms with Crippen LogP contribution in [-0.2, 0) is 4.79 Å². The normalized spacial score (nSPS) is 23.1. The van der Waals surface area contributed by atoms with E-state index in [4.69, 9.17) is 5.11 Å². The zero-order chi connectivity index (χ0) is 13.3. The van der Waals surface area contributed by atoms with Crippen molar-refractivity contribution in [3.8, 4) is 0 Å². The largest absolute Gasteiger partial charge is 0.480 e. The number of nitro groups is 1. The van der Waals surface area contributed by atoms with Crippen LogP contribution in [0.25, 0.3) is 0 Å². The van der Waals surface area contributed by atoms with Crippen molar-refractivity contribution in [2.75, 3.05) is 11.4 Å². The summed E-state index contributed by atoms with van der Waals surface area (Å²) in [6.07, 6.45) is 1.32. The summed E-state index contributed by atoms with van der Waals surface area (Å²) in [5.41, 5.74) is -0.273. The average molecular weight is 254 g/mol. The highest BCUT2D eigenvalue weighted by molar-refractivity contribution is 5.78. The van der Waals surface area contributed by atoms with E-state index < -0.39 is 23.0 Å². The summed E-state index contributed by atoms with van der Waals surface area (Å²) in [5.74, 6) is -1.03. The lowest BCUT2D eigenvalue weighted by molar-refractivity contribution is -0.385. The Morgan fingerprint density at radius 1 is 1.50 bits per heavy atom. The number of carboxylic acid groups (broad SMARTS) is 1. The van der Waals surface area contributed by atoms with Crippen LogP contribution >= 0.6 is 0 Å². The van der Waals surface area contributed by atoms with E-state index in [2.05, 4.69) is 9.97 Å². The third-order valence-corrected chi connectivity index (χ3v) is 2.66. The number of β-amino-alcohol motifs (C(OH)–C–C–N with tert-alkyl or cyclic N) is 1. The Kier molecular flexibility index (Phi) is 3.06. The average Bonchev–Trinajstić information content (AvgIpc) is 2.71. The number of aliphatic hydroxyl groups is 1. The van der Waals surface area contributed by atoms with E-state index in [1.54, 1.807) is 0 Å². The standard InChI is InChI=1S/C9H10N4O5/c14-6-1-7(8(15)16)12(4-6)9-10-2-5(3-11-9)13(17)18/h2-3,6-7,14H,1,4H2,(H,15,16). The lowest BCUT2D eigenvalue weighted by Gasteiger charge is -2.20. The van der Waals surface area contributed by atoms with Gasteiger partial charge in [0.25, 0.3) is 0 Å². The first-order chi connectivity index (χ1) is 8.49. The molecule has 2 atom stereocenters. The third kappa shape index (κ3) is 2.20. The molecule has 1 aromatic heterocycles. The molecule has 96 valence electrons. The summed E-state index contributed by atoms with van der Waals surface area (Å²) in [5, 5.41) is 28.9. The number of hydrogen-bond donors (Lipinski definition) is 2. The highest BCUT2D eigenvalue weighted by Crippen LogP contribution is 2.23. The molecule has 18 heavy (non-hydrogen) atoms. The molecule has 0 aromatic carbocycles. The Labute approximate surface area is 101 Å². The summed E-state index contributed by atoms with van der Waals surface area (Å²) in [4.78, 5) is 29.6. The van der Waals surface area contributed by atoms with E-state index in [1.165, 1.54) is 4.90 Å². The van der Waals surface area contributed by atoms with E-state index >= 15 is 0 Å². The van der Waals surface area contributed by atoms with Crippen molar-refractivity contribution < 1.29 is 19.9 Å². The molecule has 9 nitrogen and oxygen atoms in total. The number of hydrogen-bond acceptors (Lipinski definition) is 7. The maximum absolute atomic E-state index is 11.0. The lowest BCUT2D eigenvalue weighted by Crippen LogP contribution is -2.37. The van der Waals surface area contributed by atoms with Gasteiger partial charge in [-0.25, -0.2) is 14.8 Å². The Bertz CT molecular complexity index is 476. The zero-order valence-corrected chi connectivity index (χ0v) is 9.13. The Morgan fingerprint density at radius 2 is 2.11 bits per heavy atom. The number of rotatable bonds is 3. The van der Waals surface area contributed by atoms with Gasteiger partial charge in [-0.3, -0.25) is 10.1 Å². The molecule has 0 saturated carbocycles. The summed E-state index contributed by atoms with van der Waals surface area (Å²) < 4.78 is 0. The molecule has 0 amide bonds. The summed E-state index contributed by atoms with van der Waals surface area (Å²) in [6.45, 7) is 0.0920. The van der Waals surface area contributed by atoms with Crippen molar-refractivity contribution in [1.82, 2.24) is 9.97 Å². The quantitative estimate of drug-likeness (QED) is 0.540. The Hall–Kier alpha value is -2.29. The van der Waals surface area contributed by atoms with E-state index in [0.717, 1.165) is 12.4 Å². The third-order valence-electron chi connectivity index (χ3n) is 2.66. The fraction of sp³-hybridized carbons (Fsp3) is 0.444. The number of anilines is 1. The molecule has 9 heteroatoms. The molecule has 2 N–H and O–H groups in total. The Morgan fingerprint density at radius 3 is 2.61 bits per heavy atom. The van der Waals surface area contributed by atoms with Gasteiger partial charge in [-0.15, -0.1) is 0 Å². The number of carboxylic acids is 1. The second kappa shape index (κ2) is 4.53. The first kappa shape index (κ1) is 12.2. The van der Waals surface area contributed by atoms with Gasteiger partial charge < -0.3 is 15.1 Å². The van der Waals surface area contributed by atoms with Gasteiger partial charge in [-0.1, -0.05) is 0 Å². The summed E-state index contributed by atoms with van der Waals surface area (Å²) in [7, 11) is 0. The molecule has 2 unspecified atom stereocenters. The lowest BCUT2D eigenvalue weighted by atomic mass is 10.2. The van der Waals surface area contributed by atoms with Crippen molar-refractivity contribution in [2.24, 2.45) is 0 Å². The van der Waals surface area contributed by atoms with Crippen molar-refractivity contribution in [1.29, 1.82) is 0 Å². The van der Waals surface area contributed by atoms with Gasteiger partial charge in [-0.2, -0.15) is 0 Å². The van der Waals surface area contributed by atoms with Crippen molar-refractivity contribution >= 4 is 17.6 Å². The van der Waals surface area contributed by atoms with Crippen molar-refractivity contribution in [3.63, 3.8) is 0 Å². The molecule has 2 heterocycles. The van der Waals surface area contributed by atoms with Gasteiger partial charge >= 0.3 is 11.7 Å². The van der Waals surface area contributed by atoms with Crippen LogP contribution in [0.1, 0.15) is 6.42 Å². The van der Waals surface area contributed by atoms with Gasteiger partial charge in [0.05, 0.1) is 11.0 Å². The minimum absolute atomic E-state index is 0.0598. The van der Waals surface area contributed by atoms with Crippen LogP contribution in [-0.4, -0.2) is 49.8 Å². The number of aliphatic hydroxyl groups excluding tert-OH is 1. The van der Waals surface area contributed by atoms with Crippen LogP contribution < -0.4 is 4.90 Å². The topological polar surface area (TPSA) is 130 Å². The fourth-order valence-corrected chi connectivity index (χ4v) is 1.83. The molecule has 1 saturated heterocycles. The second-order valence-electron chi connectivity index (χ2n) is 3.89. The fourth-order valence-electron chi connectivity index (χ4n) is 1.83. The summed E-state index contributed by atoms with van der Waals surface area (Å²) >= 11 is 0. The van der Waals surface area contributed by atoms with Crippen LogP contribution in [0, 0.1) is 10.1 Å². The van der Waals surface area contributed by atoms with Crippen LogP contribution in [0.15, 0.2) is 12.4 Å². The van der Waals surface area contributed by atoms with Crippen molar-refractivity contribution in [2.45, 2.75) is 18.6 Å².